The van der Waals surface area contributed by atoms with Crippen molar-refractivity contribution in [3.8, 4) is 5.75 Å². The second kappa shape index (κ2) is 6.08. The predicted molar refractivity (Wildman–Crippen MR) is 107 cm³/mol. The normalized spacial score (nSPS) is 32.2. The molecule has 1 unspecified atom stereocenters. The lowest BCUT2D eigenvalue weighted by Crippen LogP contribution is -2.62. The number of carbonyl (C=O) groups excluding carboxylic acids is 3. The number of rotatable bonds is 2. The van der Waals surface area contributed by atoms with Crippen LogP contribution in [0.2, 0.25) is 0 Å². The number of anilines is 1. The molecule has 0 radical (unpaired) electrons. The molecule has 29 heavy (non-hydrogen) atoms. The fourth-order valence-electron chi connectivity index (χ4n) is 5.64. The smallest absolute Gasteiger partial charge is 0.246 e. The molecule has 1 aromatic rings. The van der Waals surface area contributed by atoms with Gasteiger partial charge in [0.05, 0.1) is 13.2 Å². The molecule has 1 spiro atoms. The summed E-state index contributed by atoms with van der Waals surface area (Å²) in [7, 11) is 1.58. The molecule has 0 saturated carbocycles. The monoisotopic (exact) mass is 395 g/mol. The number of piperazine rings is 1. The lowest BCUT2D eigenvalue weighted by atomic mass is 9.73. The summed E-state index contributed by atoms with van der Waals surface area (Å²) in [6.07, 6.45) is 3.84. The maximum atomic E-state index is 13.4. The summed E-state index contributed by atoms with van der Waals surface area (Å²) in [5.41, 5.74) is 1.58. The fraction of sp³-hybridized carbons (Fsp3) is 0.500. The van der Waals surface area contributed by atoms with Crippen LogP contribution in [0.4, 0.5) is 5.69 Å². The van der Waals surface area contributed by atoms with Crippen LogP contribution in [0, 0.1) is 0 Å². The van der Waals surface area contributed by atoms with Gasteiger partial charge in [-0.1, -0.05) is 17.7 Å². The SMILES string of the molecule is COc1ccc2c(c1)NC(=O)[C@@]21C[C@H]2C(=O)N3CCC[C@H]3C(=O)N2C1C=C(C)C. The van der Waals surface area contributed by atoms with Crippen molar-refractivity contribution >= 4 is 23.4 Å². The number of hydrogen-bond donors (Lipinski definition) is 1. The van der Waals surface area contributed by atoms with Crippen molar-refractivity contribution in [2.75, 3.05) is 19.0 Å². The molecule has 0 aromatic heterocycles. The number of nitrogens with one attached hydrogen (secondary N) is 1. The summed E-state index contributed by atoms with van der Waals surface area (Å²) in [5.74, 6) is 0.453. The Morgan fingerprint density at radius 2 is 2.00 bits per heavy atom. The van der Waals surface area contributed by atoms with E-state index in [2.05, 4.69) is 5.32 Å². The van der Waals surface area contributed by atoms with Gasteiger partial charge in [0.15, 0.2) is 0 Å². The van der Waals surface area contributed by atoms with E-state index in [9.17, 15) is 14.4 Å². The summed E-state index contributed by atoms with van der Waals surface area (Å²) in [6.45, 7) is 4.54. The number of allylic oxidation sites excluding steroid dienone is 1. The molecule has 4 aliphatic rings. The fourth-order valence-corrected chi connectivity index (χ4v) is 5.64. The minimum Gasteiger partial charge on any atom is -0.497 e. The Hall–Kier alpha value is -2.83. The van der Waals surface area contributed by atoms with Gasteiger partial charge in [-0.25, -0.2) is 0 Å². The van der Waals surface area contributed by atoms with Crippen molar-refractivity contribution in [3.05, 3.63) is 35.4 Å². The van der Waals surface area contributed by atoms with E-state index in [0.717, 1.165) is 17.6 Å². The number of ether oxygens (including phenoxy) is 1. The van der Waals surface area contributed by atoms with Crippen molar-refractivity contribution in [3.63, 3.8) is 0 Å². The third kappa shape index (κ3) is 2.27. The van der Waals surface area contributed by atoms with E-state index in [-0.39, 0.29) is 23.8 Å². The molecule has 4 atom stereocenters. The Morgan fingerprint density at radius 1 is 1.21 bits per heavy atom. The van der Waals surface area contributed by atoms with E-state index in [1.54, 1.807) is 23.0 Å². The first kappa shape index (κ1) is 18.2. The first-order valence-electron chi connectivity index (χ1n) is 10.2. The summed E-state index contributed by atoms with van der Waals surface area (Å²) in [5, 5.41) is 2.99. The van der Waals surface area contributed by atoms with E-state index >= 15 is 0 Å². The molecule has 5 rings (SSSR count). The lowest BCUT2D eigenvalue weighted by Gasteiger charge is -2.41. The predicted octanol–water partition coefficient (Wildman–Crippen LogP) is 1.83. The molecule has 7 nitrogen and oxygen atoms in total. The summed E-state index contributed by atoms with van der Waals surface area (Å²) in [6, 6.07) is 4.07. The molecule has 1 aromatic carbocycles. The Labute approximate surface area is 169 Å². The van der Waals surface area contributed by atoms with Gasteiger partial charge in [-0.15, -0.1) is 0 Å². The van der Waals surface area contributed by atoms with Crippen LogP contribution < -0.4 is 10.1 Å². The van der Waals surface area contributed by atoms with Gasteiger partial charge < -0.3 is 19.9 Å². The Balaban J connectivity index is 1.69. The number of hydrogen-bond acceptors (Lipinski definition) is 4. The molecule has 4 heterocycles. The van der Waals surface area contributed by atoms with Gasteiger partial charge in [-0.2, -0.15) is 0 Å². The first-order chi connectivity index (χ1) is 13.9. The average Bonchev–Trinajstić information content (AvgIpc) is 3.36. The van der Waals surface area contributed by atoms with E-state index < -0.39 is 17.5 Å². The zero-order valence-electron chi connectivity index (χ0n) is 16.9. The number of amides is 3. The molecule has 1 N–H and O–H groups in total. The van der Waals surface area contributed by atoms with Crippen molar-refractivity contribution in [2.45, 2.75) is 56.7 Å². The van der Waals surface area contributed by atoms with Crippen LogP contribution in [0.5, 0.6) is 5.75 Å². The quantitative estimate of drug-likeness (QED) is 0.775. The van der Waals surface area contributed by atoms with Crippen LogP contribution in [0.25, 0.3) is 0 Å². The summed E-state index contributed by atoms with van der Waals surface area (Å²) in [4.78, 5) is 43.6. The molecule has 4 aliphatic heterocycles. The van der Waals surface area contributed by atoms with Crippen LogP contribution in [0.3, 0.4) is 0 Å². The van der Waals surface area contributed by atoms with Crippen LogP contribution >= 0.6 is 0 Å². The largest absolute Gasteiger partial charge is 0.497 e. The van der Waals surface area contributed by atoms with Crippen LogP contribution in [-0.2, 0) is 19.8 Å². The number of methoxy groups -OCH3 is 1. The average molecular weight is 395 g/mol. The number of fused-ring (bicyclic) bond motifs is 4. The molecular weight excluding hydrogens is 370 g/mol. The second-order valence-electron chi connectivity index (χ2n) is 8.68. The van der Waals surface area contributed by atoms with Gasteiger partial charge in [-0.05, 0) is 44.7 Å². The van der Waals surface area contributed by atoms with E-state index in [0.29, 0.717) is 30.8 Å². The van der Waals surface area contributed by atoms with E-state index in [1.807, 2.05) is 32.1 Å². The van der Waals surface area contributed by atoms with Gasteiger partial charge in [0.2, 0.25) is 17.7 Å². The third-order valence-electron chi connectivity index (χ3n) is 6.87. The van der Waals surface area contributed by atoms with Gasteiger partial charge in [0, 0.05) is 18.3 Å². The minimum absolute atomic E-state index is 0.0223. The van der Waals surface area contributed by atoms with Crippen molar-refractivity contribution in [1.82, 2.24) is 9.80 Å². The Kier molecular flexibility index (Phi) is 3.82. The second-order valence-corrected chi connectivity index (χ2v) is 8.68. The zero-order chi connectivity index (χ0) is 20.5. The van der Waals surface area contributed by atoms with Crippen molar-refractivity contribution in [1.29, 1.82) is 0 Å². The van der Waals surface area contributed by atoms with Gasteiger partial charge >= 0.3 is 0 Å². The van der Waals surface area contributed by atoms with Crippen molar-refractivity contribution < 1.29 is 19.1 Å². The molecule has 3 fully saturated rings. The van der Waals surface area contributed by atoms with Crippen LogP contribution in [0.15, 0.2) is 29.8 Å². The Bertz CT molecular complexity index is 967. The Morgan fingerprint density at radius 3 is 2.72 bits per heavy atom. The van der Waals surface area contributed by atoms with Crippen LogP contribution in [-0.4, -0.2) is 59.3 Å². The van der Waals surface area contributed by atoms with Crippen molar-refractivity contribution in [2.24, 2.45) is 0 Å². The molecule has 3 amide bonds. The van der Waals surface area contributed by atoms with E-state index in [1.165, 1.54) is 0 Å². The summed E-state index contributed by atoms with van der Waals surface area (Å²) < 4.78 is 5.31. The maximum Gasteiger partial charge on any atom is 0.246 e. The van der Waals surface area contributed by atoms with Gasteiger partial charge in [-0.3, -0.25) is 14.4 Å². The highest BCUT2D eigenvalue weighted by atomic mass is 16.5. The number of carbonyl (C=O) groups is 3. The molecule has 7 heteroatoms. The zero-order valence-corrected chi connectivity index (χ0v) is 16.9. The van der Waals surface area contributed by atoms with E-state index in [4.69, 9.17) is 4.74 Å². The highest BCUT2D eigenvalue weighted by molar-refractivity contribution is 6.10. The highest BCUT2D eigenvalue weighted by Gasteiger charge is 2.66. The third-order valence-corrected chi connectivity index (χ3v) is 6.87. The maximum absolute atomic E-state index is 13.4. The number of nitrogens with zero attached hydrogens (tertiary/aromatic N) is 2. The molecule has 0 aliphatic carbocycles. The number of benzene rings is 1. The topological polar surface area (TPSA) is 79.0 Å². The van der Waals surface area contributed by atoms with Crippen LogP contribution in [0.1, 0.15) is 38.7 Å². The minimum atomic E-state index is -0.964. The van der Waals surface area contributed by atoms with Gasteiger partial charge in [0.1, 0.15) is 23.2 Å². The standard InChI is InChI=1S/C22H25N3O4/c1-12(2)9-18-22(14-7-6-13(29-3)10-15(14)23-21(22)28)11-17-19(26)24-8-4-5-16(24)20(27)25(17)18/h6-7,9-10,16-18H,4-5,8,11H2,1-3H3,(H,23,28)/t16-,17-,18?,22-/m0/s1. The molecule has 152 valence electrons. The molecule has 0 bridgehead atoms. The first-order valence-corrected chi connectivity index (χ1v) is 10.2. The molecular formula is C22H25N3O4. The molecule has 3 saturated heterocycles. The summed E-state index contributed by atoms with van der Waals surface area (Å²) >= 11 is 0. The lowest BCUT2D eigenvalue weighted by molar-refractivity contribution is -0.158. The highest BCUT2D eigenvalue weighted by Crippen LogP contribution is 2.53. The van der Waals surface area contributed by atoms with Gasteiger partial charge in [0.25, 0.3) is 0 Å².